The zero-order valence-electron chi connectivity index (χ0n) is 17.8. The van der Waals surface area contributed by atoms with Crippen molar-refractivity contribution in [1.29, 1.82) is 0 Å². The van der Waals surface area contributed by atoms with E-state index in [9.17, 15) is 4.79 Å². The summed E-state index contributed by atoms with van der Waals surface area (Å²) in [6.07, 6.45) is 2.68. The highest BCUT2D eigenvalue weighted by Crippen LogP contribution is 2.28. The van der Waals surface area contributed by atoms with E-state index in [0.717, 1.165) is 40.8 Å². The fourth-order valence-corrected chi connectivity index (χ4v) is 3.38. The van der Waals surface area contributed by atoms with Gasteiger partial charge in [0.1, 0.15) is 12.1 Å². The molecule has 152 valence electrons. The number of aromatic nitrogens is 2. The van der Waals surface area contributed by atoms with Crippen molar-refractivity contribution in [2.75, 3.05) is 25.0 Å². The van der Waals surface area contributed by atoms with E-state index in [1.807, 2.05) is 55.1 Å². The van der Waals surface area contributed by atoms with Crippen molar-refractivity contribution in [1.82, 2.24) is 14.9 Å². The standard InChI is InChI=1S/C24H30N4O/c1-5-28(6-2)24(29)20-9-7-8-18(14-20)19-10-11-22-21(15-19)23(27-16-26-22)25-13-12-17(3)4/h7-11,14-17H,5-6,12-13H2,1-4H3,(H,25,26,27). The number of nitrogens with zero attached hydrogens (tertiary/aromatic N) is 3. The molecule has 0 fully saturated rings. The number of fused-ring (bicyclic) bond motifs is 1. The number of rotatable bonds is 8. The second-order valence-corrected chi connectivity index (χ2v) is 7.62. The van der Waals surface area contributed by atoms with E-state index >= 15 is 0 Å². The maximum Gasteiger partial charge on any atom is 0.253 e. The Morgan fingerprint density at radius 3 is 2.52 bits per heavy atom. The molecule has 0 bridgehead atoms. The average molecular weight is 391 g/mol. The molecule has 29 heavy (non-hydrogen) atoms. The molecule has 3 aromatic rings. The van der Waals surface area contributed by atoms with Gasteiger partial charge in [-0.1, -0.05) is 32.0 Å². The summed E-state index contributed by atoms with van der Waals surface area (Å²) in [7, 11) is 0. The van der Waals surface area contributed by atoms with Crippen LogP contribution in [0.2, 0.25) is 0 Å². The van der Waals surface area contributed by atoms with Crippen LogP contribution >= 0.6 is 0 Å². The molecule has 0 saturated carbocycles. The lowest BCUT2D eigenvalue weighted by atomic mass is 10.0. The minimum absolute atomic E-state index is 0.0667. The molecule has 5 heteroatoms. The van der Waals surface area contributed by atoms with Gasteiger partial charge in [-0.05, 0) is 61.6 Å². The average Bonchev–Trinajstić information content (AvgIpc) is 2.74. The zero-order chi connectivity index (χ0) is 20.8. The first-order chi connectivity index (χ1) is 14.0. The van der Waals surface area contributed by atoms with E-state index in [1.54, 1.807) is 6.33 Å². The van der Waals surface area contributed by atoms with Gasteiger partial charge in [0.25, 0.3) is 5.91 Å². The quantitative estimate of drug-likeness (QED) is 0.572. The molecule has 1 amide bonds. The molecule has 5 nitrogen and oxygen atoms in total. The molecular formula is C24H30N4O. The molecule has 1 N–H and O–H groups in total. The van der Waals surface area contributed by atoms with E-state index in [4.69, 9.17) is 0 Å². The number of carbonyl (C=O) groups is 1. The minimum Gasteiger partial charge on any atom is -0.369 e. The molecule has 1 heterocycles. The summed E-state index contributed by atoms with van der Waals surface area (Å²) in [6, 6.07) is 14.0. The molecule has 3 rings (SSSR count). The Labute approximate surface area is 173 Å². The predicted molar refractivity (Wildman–Crippen MR) is 120 cm³/mol. The first kappa shape index (κ1) is 20.8. The maximum atomic E-state index is 12.7. The van der Waals surface area contributed by atoms with Crippen molar-refractivity contribution in [3.05, 3.63) is 54.4 Å². The third-order valence-electron chi connectivity index (χ3n) is 5.14. The Bertz CT molecular complexity index is 980. The van der Waals surface area contributed by atoms with Crippen LogP contribution < -0.4 is 5.32 Å². The van der Waals surface area contributed by atoms with Crippen LogP contribution in [0.5, 0.6) is 0 Å². The zero-order valence-corrected chi connectivity index (χ0v) is 17.8. The third kappa shape index (κ3) is 4.91. The van der Waals surface area contributed by atoms with E-state index < -0.39 is 0 Å². The summed E-state index contributed by atoms with van der Waals surface area (Å²) in [4.78, 5) is 23.4. The smallest absolute Gasteiger partial charge is 0.253 e. The largest absolute Gasteiger partial charge is 0.369 e. The number of anilines is 1. The van der Waals surface area contributed by atoms with Crippen molar-refractivity contribution < 1.29 is 4.79 Å². The van der Waals surface area contributed by atoms with Crippen molar-refractivity contribution in [2.24, 2.45) is 5.92 Å². The van der Waals surface area contributed by atoms with Gasteiger partial charge in [-0.15, -0.1) is 0 Å². The molecule has 0 atom stereocenters. The van der Waals surface area contributed by atoms with Gasteiger partial charge in [0.15, 0.2) is 0 Å². The highest BCUT2D eigenvalue weighted by Gasteiger charge is 2.13. The summed E-state index contributed by atoms with van der Waals surface area (Å²) in [5.74, 6) is 1.56. The van der Waals surface area contributed by atoms with Crippen LogP contribution in [0, 0.1) is 5.92 Å². The summed E-state index contributed by atoms with van der Waals surface area (Å²) in [6.45, 7) is 10.7. The van der Waals surface area contributed by atoms with Crippen LogP contribution in [0.1, 0.15) is 44.5 Å². The molecule has 0 aliphatic heterocycles. The number of amides is 1. The molecule has 0 radical (unpaired) electrons. The Balaban J connectivity index is 1.94. The SMILES string of the molecule is CCN(CC)C(=O)c1cccc(-c2ccc3ncnc(NCCC(C)C)c3c2)c1. The van der Waals surface area contributed by atoms with Gasteiger partial charge >= 0.3 is 0 Å². The van der Waals surface area contributed by atoms with Crippen molar-refractivity contribution in [3.8, 4) is 11.1 Å². The Hall–Kier alpha value is -2.95. The molecule has 0 saturated heterocycles. The second kappa shape index (κ2) is 9.50. The fourth-order valence-electron chi connectivity index (χ4n) is 3.38. The topological polar surface area (TPSA) is 58.1 Å². The van der Waals surface area contributed by atoms with Crippen LogP contribution in [0.15, 0.2) is 48.8 Å². The highest BCUT2D eigenvalue weighted by atomic mass is 16.2. The summed E-state index contributed by atoms with van der Waals surface area (Å²) in [5, 5.41) is 4.44. The second-order valence-electron chi connectivity index (χ2n) is 7.62. The summed E-state index contributed by atoms with van der Waals surface area (Å²) < 4.78 is 0. The first-order valence-corrected chi connectivity index (χ1v) is 10.4. The van der Waals surface area contributed by atoms with E-state index in [2.05, 4.69) is 35.2 Å². The number of nitrogens with one attached hydrogen (secondary N) is 1. The lowest BCUT2D eigenvalue weighted by Gasteiger charge is -2.19. The molecular weight excluding hydrogens is 360 g/mol. The normalized spacial score (nSPS) is 11.1. The lowest BCUT2D eigenvalue weighted by Crippen LogP contribution is -2.30. The number of hydrogen-bond donors (Lipinski definition) is 1. The minimum atomic E-state index is 0.0667. The molecule has 0 aliphatic carbocycles. The number of carbonyl (C=O) groups excluding carboxylic acids is 1. The monoisotopic (exact) mass is 390 g/mol. The Morgan fingerprint density at radius 1 is 1.03 bits per heavy atom. The fraction of sp³-hybridized carbons (Fsp3) is 0.375. The van der Waals surface area contributed by atoms with Crippen molar-refractivity contribution in [3.63, 3.8) is 0 Å². The van der Waals surface area contributed by atoms with E-state index in [0.29, 0.717) is 24.6 Å². The van der Waals surface area contributed by atoms with Gasteiger partial charge in [0.05, 0.1) is 5.52 Å². The number of benzene rings is 2. The van der Waals surface area contributed by atoms with Crippen LogP contribution in [0.4, 0.5) is 5.82 Å². The van der Waals surface area contributed by atoms with Gasteiger partial charge < -0.3 is 10.2 Å². The van der Waals surface area contributed by atoms with Gasteiger partial charge in [0, 0.05) is 30.6 Å². The van der Waals surface area contributed by atoms with E-state index in [-0.39, 0.29) is 5.91 Å². The Kier molecular flexibility index (Phi) is 6.81. The van der Waals surface area contributed by atoms with E-state index in [1.165, 1.54) is 0 Å². The third-order valence-corrected chi connectivity index (χ3v) is 5.14. The van der Waals surface area contributed by atoms with Crippen molar-refractivity contribution >= 4 is 22.6 Å². The van der Waals surface area contributed by atoms with Crippen LogP contribution in [-0.2, 0) is 0 Å². The van der Waals surface area contributed by atoms with Gasteiger partial charge in [-0.25, -0.2) is 9.97 Å². The van der Waals surface area contributed by atoms with Crippen LogP contribution in [0.25, 0.3) is 22.0 Å². The first-order valence-electron chi connectivity index (χ1n) is 10.4. The van der Waals surface area contributed by atoms with Crippen LogP contribution in [0.3, 0.4) is 0 Å². The number of hydrogen-bond acceptors (Lipinski definition) is 4. The highest BCUT2D eigenvalue weighted by molar-refractivity contribution is 5.96. The lowest BCUT2D eigenvalue weighted by molar-refractivity contribution is 0.0773. The van der Waals surface area contributed by atoms with Gasteiger partial charge in [-0.3, -0.25) is 4.79 Å². The van der Waals surface area contributed by atoms with Crippen molar-refractivity contribution in [2.45, 2.75) is 34.1 Å². The molecule has 2 aromatic carbocycles. The molecule has 0 aliphatic rings. The van der Waals surface area contributed by atoms with Gasteiger partial charge in [0.2, 0.25) is 0 Å². The van der Waals surface area contributed by atoms with Gasteiger partial charge in [-0.2, -0.15) is 0 Å². The molecule has 0 spiro atoms. The predicted octanol–water partition coefficient (Wildman–Crippen LogP) is 5.24. The van der Waals surface area contributed by atoms with Crippen LogP contribution in [-0.4, -0.2) is 40.4 Å². The summed E-state index contributed by atoms with van der Waals surface area (Å²) in [5.41, 5.74) is 3.69. The Morgan fingerprint density at radius 2 is 1.79 bits per heavy atom. The molecule has 1 aromatic heterocycles. The maximum absolute atomic E-state index is 12.7. The molecule has 0 unspecified atom stereocenters. The summed E-state index contributed by atoms with van der Waals surface area (Å²) >= 11 is 0.